The number of nitrogens with zero attached hydrogens (tertiary/aromatic N) is 2. The first kappa shape index (κ1) is 12.6. The third-order valence-electron chi connectivity index (χ3n) is 2.36. The van der Waals surface area contributed by atoms with E-state index in [2.05, 4.69) is 9.97 Å². The lowest BCUT2D eigenvalue weighted by Gasteiger charge is -2.07. The van der Waals surface area contributed by atoms with Gasteiger partial charge in [-0.1, -0.05) is 11.8 Å². The molecule has 0 amide bonds. The molecule has 6 heteroatoms. The van der Waals surface area contributed by atoms with E-state index in [-0.39, 0.29) is 0 Å². The number of ether oxygens (including phenoxy) is 1. The number of nitrogens with two attached hydrogens (primary N) is 1. The van der Waals surface area contributed by atoms with E-state index in [0.717, 1.165) is 0 Å². The average molecular weight is 265 g/mol. The minimum atomic E-state index is -0.403. The van der Waals surface area contributed by atoms with Crippen molar-refractivity contribution in [3.05, 3.63) is 30.1 Å². The Bertz CT molecular complexity index is 577. The molecule has 0 saturated carbocycles. The van der Waals surface area contributed by atoms with E-state index in [9.17, 15) is 4.39 Å². The summed E-state index contributed by atoms with van der Waals surface area (Å²) in [6, 6.07) is 6.15. The molecule has 0 aliphatic heterocycles. The van der Waals surface area contributed by atoms with Crippen LogP contribution in [0.3, 0.4) is 0 Å². The summed E-state index contributed by atoms with van der Waals surface area (Å²) in [6.07, 6.45) is 1.84. The Morgan fingerprint density at radius 2 is 2.06 bits per heavy atom. The van der Waals surface area contributed by atoms with Gasteiger partial charge >= 0.3 is 0 Å². The molecule has 0 bridgehead atoms. The number of aromatic nitrogens is 2. The number of thioether (sulfide) groups is 1. The first-order chi connectivity index (χ1) is 8.63. The van der Waals surface area contributed by atoms with Crippen LogP contribution in [0.15, 0.2) is 29.4 Å². The van der Waals surface area contributed by atoms with Gasteiger partial charge in [0.25, 0.3) is 0 Å². The zero-order valence-corrected chi connectivity index (χ0v) is 10.8. The largest absolute Gasteiger partial charge is 0.497 e. The highest BCUT2D eigenvalue weighted by Gasteiger charge is 2.10. The molecule has 2 aromatic rings. The smallest absolute Gasteiger partial charge is 0.189 e. The summed E-state index contributed by atoms with van der Waals surface area (Å²) in [7, 11) is 1.49. The van der Waals surface area contributed by atoms with Gasteiger partial charge in [-0.25, -0.2) is 14.4 Å². The van der Waals surface area contributed by atoms with Crippen molar-refractivity contribution in [2.75, 3.05) is 19.1 Å². The monoisotopic (exact) mass is 265 g/mol. The van der Waals surface area contributed by atoms with E-state index >= 15 is 0 Å². The van der Waals surface area contributed by atoms with Gasteiger partial charge in [0, 0.05) is 17.7 Å². The van der Waals surface area contributed by atoms with E-state index in [1.165, 1.54) is 24.9 Å². The second-order valence-electron chi connectivity index (χ2n) is 3.51. The fourth-order valence-electron chi connectivity index (χ4n) is 1.50. The highest BCUT2D eigenvalue weighted by molar-refractivity contribution is 7.98. The normalized spacial score (nSPS) is 10.4. The van der Waals surface area contributed by atoms with Gasteiger partial charge in [-0.15, -0.1) is 0 Å². The quantitative estimate of drug-likeness (QED) is 0.682. The molecule has 0 fully saturated rings. The van der Waals surface area contributed by atoms with Crippen molar-refractivity contribution in [2.45, 2.75) is 5.16 Å². The van der Waals surface area contributed by atoms with Crippen LogP contribution in [-0.4, -0.2) is 23.3 Å². The number of halogens is 1. The molecule has 18 heavy (non-hydrogen) atoms. The van der Waals surface area contributed by atoms with Crippen LogP contribution in [-0.2, 0) is 0 Å². The van der Waals surface area contributed by atoms with Gasteiger partial charge in [-0.2, -0.15) is 0 Å². The van der Waals surface area contributed by atoms with Crippen molar-refractivity contribution in [1.29, 1.82) is 0 Å². The van der Waals surface area contributed by atoms with Crippen LogP contribution in [0, 0.1) is 5.82 Å². The predicted octanol–water partition coefficient (Wildman–Crippen LogP) is 2.60. The van der Waals surface area contributed by atoms with Crippen LogP contribution in [0.1, 0.15) is 0 Å². The molecular weight excluding hydrogens is 253 g/mol. The Hall–Kier alpha value is -1.82. The number of benzene rings is 1. The van der Waals surface area contributed by atoms with Gasteiger partial charge in [0.15, 0.2) is 5.16 Å². The Morgan fingerprint density at radius 3 is 2.67 bits per heavy atom. The first-order valence-electron chi connectivity index (χ1n) is 5.16. The standard InChI is InChI=1S/C12H12FN3OS/c1-17-7-3-4-8(9(13)5-7)10-6-11(14)16-12(15-10)18-2/h3-6H,1-2H3,(H2,14,15,16). The maximum atomic E-state index is 13.9. The van der Waals surface area contributed by atoms with Crippen LogP contribution in [0.25, 0.3) is 11.3 Å². The third-order valence-corrected chi connectivity index (χ3v) is 2.91. The molecule has 2 N–H and O–H groups in total. The molecule has 0 radical (unpaired) electrons. The predicted molar refractivity (Wildman–Crippen MR) is 70.2 cm³/mol. The summed E-state index contributed by atoms with van der Waals surface area (Å²) in [6.45, 7) is 0. The topological polar surface area (TPSA) is 61.0 Å². The fourth-order valence-corrected chi connectivity index (χ4v) is 1.89. The van der Waals surface area contributed by atoms with Crippen molar-refractivity contribution < 1.29 is 9.13 Å². The lowest BCUT2D eigenvalue weighted by atomic mass is 10.1. The molecule has 1 aromatic carbocycles. The molecule has 0 saturated heterocycles. The van der Waals surface area contributed by atoms with Crippen molar-refractivity contribution in [1.82, 2.24) is 9.97 Å². The van der Waals surface area contributed by atoms with Crippen LogP contribution >= 0.6 is 11.8 Å². The lowest BCUT2D eigenvalue weighted by Crippen LogP contribution is -1.98. The number of nitrogen functional groups attached to an aromatic ring is 1. The second kappa shape index (κ2) is 5.22. The van der Waals surface area contributed by atoms with Crippen molar-refractivity contribution in [3.63, 3.8) is 0 Å². The third kappa shape index (κ3) is 2.53. The summed E-state index contributed by atoms with van der Waals surface area (Å²) in [5.41, 5.74) is 6.51. The van der Waals surface area contributed by atoms with Crippen molar-refractivity contribution in [3.8, 4) is 17.0 Å². The fraction of sp³-hybridized carbons (Fsp3) is 0.167. The SMILES string of the molecule is COc1ccc(-c2cc(N)nc(SC)n2)c(F)c1. The highest BCUT2D eigenvalue weighted by atomic mass is 32.2. The summed E-state index contributed by atoms with van der Waals surface area (Å²) in [4.78, 5) is 8.25. The highest BCUT2D eigenvalue weighted by Crippen LogP contribution is 2.26. The van der Waals surface area contributed by atoms with Gasteiger partial charge in [0.05, 0.1) is 12.8 Å². The maximum Gasteiger partial charge on any atom is 0.189 e. The van der Waals surface area contributed by atoms with Crippen LogP contribution in [0.2, 0.25) is 0 Å². The zero-order valence-electron chi connectivity index (χ0n) is 9.98. The molecule has 94 valence electrons. The zero-order chi connectivity index (χ0) is 13.1. The Balaban J connectivity index is 2.51. The van der Waals surface area contributed by atoms with E-state index in [1.54, 1.807) is 18.2 Å². The van der Waals surface area contributed by atoms with E-state index < -0.39 is 5.82 Å². The number of anilines is 1. The van der Waals surface area contributed by atoms with E-state index in [4.69, 9.17) is 10.5 Å². The van der Waals surface area contributed by atoms with Gasteiger partial charge in [0.1, 0.15) is 17.4 Å². The van der Waals surface area contributed by atoms with Gasteiger partial charge in [-0.3, -0.25) is 0 Å². The second-order valence-corrected chi connectivity index (χ2v) is 4.28. The molecule has 0 aliphatic rings. The number of methoxy groups -OCH3 is 1. The Morgan fingerprint density at radius 1 is 1.28 bits per heavy atom. The minimum absolute atomic E-state index is 0.319. The molecular formula is C12H12FN3OS. The van der Waals surface area contributed by atoms with Crippen molar-refractivity contribution >= 4 is 17.6 Å². The summed E-state index contributed by atoms with van der Waals surface area (Å²) >= 11 is 1.36. The van der Waals surface area contributed by atoms with Crippen LogP contribution in [0.5, 0.6) is 5.75 Å². The molecule has 2 rings (SSSR count). The number of hydrogen-bond donors (Lipinski definition) is 1. The molecule has 0 unspecified atom stereocenters. The molecule has 1 aromatic heterocycles. The van der Waals surface area contributed by atoms with Gasteiger partial charge < -0.3 is 10.5 Å². The Kier molecular flexibility index (Phi) is 3.66. The summed E-state index contributed by atoms with van der Waals surface area (Å²) < 4.78 is 18.9. The first-order valence-corrected chi connectivity index (χ1v) is 6.39. The number of hydrogen-bond acceptors (Lipinski definition) is 5. The van der Waals surface area contributed by atoms with Gasteiger partial charge in [0.2, 0.25) is 0 Å². The van der Waals surface area contributed by atoms with Crippen molar-refractivity contribution in [2.24, 2.45) is 0 Å². The van der Waals surface area contributed by atoms with E-state index in [0.29, 0.717) is 28.0 Å². The molecule has 0 aliphatic carbocycles. The maximum absolute atomic E-state index is 13.9. The lowest BCUT2D eigenvalue weighted by molar-refractivity contribution is 0.411. The van der Waals surface area contributed by atoms with Crippen LogP contribution in [0.4, 0.5) is 10.2 Å². The summed E-state index contributed by atoms with van der Waals surface area (Å²) in [5.74, 6) is 0.377. The van der Waals surface area contributed by atoms with E-state index in [1.807, 2.05) is 6.26 Å². The number of rotatable bonds is 3. The van der Waals surface area contributed by atoms with Crippen LogP contribution < -0.4 is 10.5 Å². The summed E-state index contributed by atoms with van der Waals surface area (Å²) in [5, 5.41) is 0.514. The Labute approximate surface area is 108 Å². The average Bonchev–Trinajstić information content (AvgIpc) is 2.37. The molecule has 0 spiro atoms. The molecule has 1 heterocycles. The van der Waals surface area contributed by atoms with Gasteiger partial charge in [-0.05, 0) is 18.4 Å². The minimum Gasteiger partial charge on any atom is -0.497 e. The molecule has 4 nitrogen and oxygen atoms in total. The molecule has 0 atom stereocenters.